The number of nitrogens with one attached hydrogen (secondary N) is 2. The van der Waals surface area contributed by atoms with E-state index in [-0.39, 0.29) is 5.69 Å². The van der Waals surface area contributed by atoms with Crippen LogP contribution in [-0.2, 0) is 4.74 Å². The molecular weight excluding hydrogens is 383 g/mol. The molecule has 1 aromatic heterocycles. The van der Waals surface area contributed by atoms with Gasteiger partial charge in [0.25, 0.3) is 5.56 Å². The Bertz CT molecular complexity index is 1340. The average Bonchev–Trinajstić information content (AvgIpc) is 2.67. The van der Waals surface area contributed by atoms with E-state index >= 15 is 0 Å². The Kier molecular flexibility index (Phi) is 4.78. The zero-order valence-electron chi connectivity index (χ0n) is 16.9. The van der Waals surface area contributed by atoms with E-state index in [1.54, 1.807) is 32.9 Å². The minimum absolute atomic E-state index is 0.0117. The highest BCUT2D eigenvalue weighted by Gasteiger charge is 2.22. The SMILES string of the molecule is CC(C)(C)OC(=O)Nc1c(-c2cccc(F)c2)c2ccc3ccccc3c2[nH]c1=O. The van der Waals surface area contributed by atoms with E-state index in [4.69, 9.17) is 4.74 Å². The van der Waals surface area contributed by atoms with E-state index in [1.165, 1.54) is 12.1 Å². The molecule has 4 aromatic rings. The van der Waals surface area contributed by atoms with Gasteiger partial charge in [-0.2, -0.15) is 0 Å². The zero-order valence-corrected chi connectivity index (χ0v) is 16.9. The van der Waals surface area contributed by atoms with Gasteiger partial charge in [-0.05, 0) is 43.9 Å². The van der Waals surface area contributed by atoms with E-state index in [9.17, 15) is 14.0 Å². The lowest BCUT2D eigenvalue weighted by Gasteiger charge is -2.21. The average molecular weight is 404 g/mol. The number of rotatable bonds is 2. The minimum Gasteiger partial charge on any atom is -0.444 e. The van der Waals surface area contributed by atoms with Crippen LogP contribution in [0.3, 0.4) is 0 Å². The molecule has 0 aliphatic heterocycles. The summed E-state index contributed by atoms with van der Waals surface area (Å²) in [7, 11) is 0. The van der Waals surface area contributed by atoms with Gasteiger partial charge in [-0.25, -0.2) is 9.18 Å². The molecule has 4 rings (SSSR count). The lowest BCUT2D eigenvalue weighted by atomic mass is 9.96. The standard InChI is InChI=1S/C24H21FN2O3/c1-24(2,3)30-23(29)27-21-19(15-8-6-9-16(25)13-15)18-12-11-14-7-4-5-10-17(14)20(18)26-22(21)28/h4-13H,1-3H3,(H,26,28)(H,27,29). The van der Waals surface area contributed by atoms with E-state index in [0.29, 0.717) is 22.0 Å². The van der Waals surface area contributed by atoms with Gasteiger partial charge in [-0.3, -0.25) is 10.1 Å². The van der Waals surface area contributed by atoms with Crippen molar-refractivity contribution in [3.05, 3.63) is 76.8 Å². The number of benzene rings is 3. The molecule has 0 bridgehead atoms. The van der Waals surface area contributed by atoms with Gasteiger partial charge in [0.1, 0.15) is 17.1 Å². The second-order valence-electron chi connectivity index (χ2n) is 8.05. The van der Waals surface area contributed by atoms with Gasteiger partial charge in [0, 0.05) is 16.3 Å². The van der Waals surface area contributed by atoms with Crippen molar-refractivity contribution >= 4 is 33.5 Å². The van der Waals surface area contributed by atoms with E-state index < -0.39 is 23.1 Å². The van der Waals surface area contributed by atoms with Crippen LogP contribution in [-0.4, -0.2) is 16.7 Å². The lowest BCUT2D eigenvalue weighted by Crippen LogP contribution is -2.29. The van der Waals surface area contributed by atoms with Gasteiger partial charge in [0.15, 0.2) is 0 Å². The summed E-state index contributed by atoms with van der Waals surface area (Å²) in [5.74, 6) is -0.440. The van der Waals surface area contributed by atoms with Gasteiger partial charge in [0.05, 0.1) is 5.52 Å². The molecule has 5 nitrogen and oxygen atoms in total. The molecule has 3 aromatic carbocycles. The third kappa shape index (κ3) is 3.76. The first-order valence-electron chi connectivity index (χ1n) is 9.56. The third-order valence-electron chi connectivity index (χ3n) is 4.65. The summed E-state index contributed by atoms with van der Waals surface area (Å²) in [6, 6.07) is 17.4. The number of ether oxygens (including phenoxy) is 1. The van der Waals surface area contributed by atoms with Gasteiger partial charge >= 0.3 is 6.09 Å². The Labute approximate surface area is 172 Å². The number of fused-ring (bicyclic) bond motifs is 3. The number of carbonyl (C=O) groups is 1. The summed E-state index contributed by atoms with van der Waals surface area (Å²) in [6.07, 6.45) is -0.759. The number of hydrogen-bond donors (Lipinski definition) is 2. The molecule has 1 amide bonds. The normalized spacial score (nSPS) is 11.6. The highest BCUT2D eigenvalue weighted by molar-refractivity contribution is 6.13. The molecule has 0 spiro atoms. The van der Waals surface area contributed by atoms with Crippen LogP contribution in [0.5, 0.6) is 0 Å². The van der Waals surface area contributed by atoms with Gasteiger partial charge < -0.3 is 9.72 Å². The number of halogens is 1. The molecule has 0 fully saturated rings. The lowest BCUT2D eigenvalue weighted by molar-refractivity contribution is 0.0636. The predicted molar refractivity (Wildman–Crippen MR) is 117 cm³/mol. The maximum absolute atomic E-state index is 14.0. The van der Waals surface area contributed by atoms with Crippen LogP contribution in [0.25, 0.3) is 32.8 Å². The van der Waals surface area contributed by atoms with E-state index in [2.05, 4.69) is 10.3 Å². The van der Waals surface area contributed by atoms with Crippen LogP contribution in [0, 0.1) is 5.82 Å². The third-order valence-corrected chi connectivity index (χ3v) is 4.65. The Hall–Kier alpha value is -3.67. The molecule has 152 valence electrons. The second kappa shape index (κ2) is 7.30. The number of carbonyl (C=O) groups excluding carboxylic acids is 1. The van der Waals surface area contributed by atoms with E-state index in [0.717, 1.165) is 10.8 Å². The number of aromatic nitrogens is 1. The summed E-state index contributed by atoms with van der Waals surface area (Å²) < 4.78 is 19.3. The van der Waals surface area contributed by atoms with Crippen molar-refractivity contribution in [1.82, 2.24) is 4.98 Å². The molecule has 0 saturated carbocycles. The molecule has 0 aliphatic rings. The number of H-pyrrole nitrogens is 1. The fraction of sp³-hybridized carbons (Fsp3) is 0.167. The summed E-state index contributed by atoms with van der Waals surface area (Å²) in [5, 5.41) is 5.06. The van der Waals surface area contributed by atoms with Crippen molar-refractivity contribution in [2.24, 2.45) is 0 Å². The number of pyridine rings is 1. The van der Waals surface area contributed by atoms with Crippen molar-refractivity contribution in [2.75, 3.05) is 5.32 Å². The molecule has 2 N–H and O–H groups in total. The number of amides is 1. The first kappa shape index (κ1) is 19.6. The quantitative estimate of drug-likeness (QED) is 0.413. The molecule has 0 saturated heterocycles. The Morgan fingerprint density at radius 1 is 1.00 bits per heavy atom. The molecule has 0 atom stereocenters. The molecule has 0 aliphatic carbocycles. The fourth-order valence-corrected chi connectivity index (χ4v) is 3.51. The van der Waals surface area contributed by atoms with Crippen molar-refractivity contribution in [2.45, 2.75) is 26.4 Å². The van der Waals surface area contributed by atoms with Crippen LogP contribution in [0.4, 0.5) is 14.9 Å². The Balaban J connectivity index is 2.02. The molecule has 1 heterocycles. The Morgan fingerprint density at radius 3 is 2.50 bits per heavy atom. The minimum atomic E-state index is -0.759. The maximum Gasteiger partial charge on any atom is 0.412 e. The molecule has 0 radical (unpaired) electrons. The van der Waals surface area contributed by atoms with Crippen LogP contribution in [0.15, 0.2) is 65.5 Å². The van der Waals surface area contributed by atoms with Crippen molar-refractivity contribution in [3.63, 3.8) is 0 Å². The zero-order chi connectivity index (χ0) is 21.5. The number of hydrogen-bond acceptors (Lipinski definition) is 3. The predicted octanol–water partition coefficient (Wildman–Crippen LogP) is 5.83. The molecule has 6 heteroatoms. The first-order valence-corrected chi connectivity index (χ1v) is 9.56. The highest BCUT2D eigenvalue weighted by atomic mass is 19.1. The van der Waals surface area contributed by atoms with Crippen LogP contribution >= 0.6 is 0 Å². The summed E-state index contributed by atoms with van der Waals surface area (Å²) in [6.45, 7) is 5.20. The number of anilines is 1. The molecule has 30 heavy (non-hydrogen) atoms. The van der Waals surface area contributed by atoms with Crippen LogP contribution in [0.1, 0.15) is 20.8 Å². The van der Waals surface area contributed by atoms with Crippen molar-refractivity contribution in [1.29, 1.82) is 0 Å². The second-order valence-corrected chi connectivity index (χ2v) is 8.05. The fourth-order valence-electron chi connectivity index (χ4n) is 3.51. The van der Waals surface area contributed by atoms with Gasteiger partial charge in [-0.15, -0.1) is 0 Å². The molecule has 0 unspecified atom stereocenters. The largest absolute Gasteiger partial charge is 0.444 e. The first-order chi connectivity index (χ1) is 14.2. The van der Waals surface area contributed by atoms with Crippen molar-refractivity contribution < 1.29 is 13.9 Å². The molecular formula is C24H21FN2O3. The van der Waals surface area contributed by atoms with E-state index in [1.807, 2.05) is 36.4 Å². The summed E-state index contributed by atoms with van der Waals surface area (Å²) in [4.78, 5) is 28.3. The van der Waals surface area contributed by atoms with Gasteiger partial charge in [0.2, 0.25) is 0 Å². The Morgan fingerprint density at radius 2 is 1.77 bits per heavy atom. The maximum atomic E-state index is 14.0. The van der Waals surface area contributed by atoms with Crippen LogP contribution < -0.4 is 10.9 Å². The summed E-state index contributed by atoms with van der Waals surface area (Å²) >= 11 is 0. The number of aromatic amines is 1. The van der Waals surface area contributed by atoms with Gasteiger partial charge in [-0.1, -0.05) is 48.5 Å². The summed E-state index contributed by atoms with van der Waals surface area (Å²) in [5.41, 5.74) is 0.314. The highest BCUT2D eigenvalue weighted by Crippen LogP contribution is 2.35. The monoisotopic (exact) mass is 404 g/mol. The smallest absolute Gasteiger partial charge is 0.412 e. The topological polar surface area (TPSA) is 71.2 Å². The van der Waals surface area contributed by atoms with Crippen LogP contribution in [0.2, 0.25) is 0 Å². The van der Waals surface area contributed by atoms with Crippen molar-refractivity contribution in [3.8, 4) is 11.1 Å².